The minimum Gasteiger partial charge on any atom is -0.491 e. The highest BCUT2D eigenvalue weighted by atomic mass is 35.5. The van der Waals surface area contributed by atoms with Gasteiger partial charge in [-0.25, -0.2) is 0 Å². The molecule has 0 saturated heterocycles. The Morgan fingerprint density at radius 2 is 1.84 bits per heavy atom. The summed E-state index contributed by atoms with van der Waals surface area (Å²) in [6.45, 7) is 3.27. The molecule has 1 N–H and O–H groups in total. The van der Waals surface area contributed by atoms with Crippen LogP contribution in [-0.4, -0.2) is 13.2 Å². The molecule has 0 atom stereocenters. The lowest BCUT2D eigenvalue weighted by atomic mass is 10.2. The Balaban J connectivity index is 1.81. The van der Waals surface area contributed by atoms with Crippen molar-refractivity contribution in [3.05, 3.63) is 58.1 Å². The van der Waals surface area contributed by atoms with Crippen molar-refractivity contribution in [2.24, 2.45) is 0 Å². The van der Waals surface area contributed by atoms with Gasteiger partial charge in [-0.1, -0.05) is 29.3 Å². The lowest BCUT2D eigenvalue weighted by molar-refractivity contribution is 0.330. The Kier molecular flexibility index (Phi) is 4.94. The molecule has 4 heteroatoms. The highest BCUT2D eigenvalue weighted by molar-refractivity contribution is 6.31. The van der Waals surface area contributed by atoms with Crippen LogP contribution in [0.1, 0.15) is 5.56 Å². The van der Waals surface area contributed by atoms with Crippen LogP contribution >= 0.6 is 23.2 Å². The van der Waals surface area contributed by atoms with Gasteiger partial charge >= 0.3 is 0 Å². The minimum atomic E-state index is 0.578. The summed E-state index contributed by atoms with van der Waals surface area (Å²) in [5.74, 6) is 0.859. The number of hydrogen-bond donors (Lipinski definition) is 1. The molecule has 2 aromatic carbocycles. The molecule has 0 heterocycles. The van der Waals surface area contributed by atoms with Crippen molar-refractivity contribution in [3.63, 3.8) is 0 Å². The first-order valence-electron chi connectivity index (χ1n) is 6.03. The molecule has 0 aromatic heterocycles. The van der Waals surface area contributed by atoms with Crippen LogP contribution in [-0.2, 0) is 0 Å². The standard InChI is InChI=1S/C15H15Cl2NO/c1-11-9-13(17)5-6-15(11)19-8-7-18-14-4-2-3-12(16)10-14/h2-6,9-10,18H,7-8H2,1H3. The van der Waals surface area contributed by atoms with Gasteiger partial charge in [0.1, 0.15) is 12.4 Å². The van der Waals surface area contributed by atoms with Gasteiger partial charge in [0, 0.05) is 22.3 Å². The van der Waals surface area contributed by atoms with E-state index in [0.717, 1.165) is 27.0 Å². The van der Waals surface area contributed by atoms with Crippen LogP contribution in [0.15, 0.2) is 42.5 Å². The van der Waals surface area contributed by atoms with E-state index < -0.39 is 0 Å². The number of anilines is 1. The van der Waals surface area contributed by atoms with Gasteiger partial charge in [-0.15, -0.1) is 0 Å². The van der Waals surface area contributed by atoms with Crippen LogP contribution in [0.2, 0.25) is 10.0 Å². The lowest BCUT2D eigenvalue weighted by Gasteiger charge is -2.11. The molecule has 0 amide bonds. The van der Waals surface area contributed by atoms with Gasteiger partial charge < -0.3 is 10.1 Å². The van der Waals surface area contributed by atoms with Gasteiger partial charge in [0.2, 0.25) is 0 Å². The summed E-state index contributed by atoms with van der Waals surface area (Å²) in [5.41, 5.74) is 2.03. The quantitative estimate of drug-likeness (QED) is 0.801. The third-order valence-corrected chi connectivity index (χ3v) is 3.12. The van der Waals surface area contributed by atoms with E-state index in [2.05, 4.69) is 5.32 Å². The second kappa shape index (κ2) is 6.69. The summed E-state index contributed by atoms with van der Waals surface area (Å²) >= 11 is 11.8. The van der Waals surface area contributed by atoms with E-state index in [1.54, 1.807) is 0 Å². The number of aryl methyl sites for hydroxylation is 1. The maximum Gasteiger partial charge on any atom is 0.122 e. The van der Waals surface area contributed by atoms with E-state index in [1.165, 1.54) is 0 Å². The van der Waals surface area contributed by atoms with E-state index in [0.29, 0.717) is 13.2 Å². The normalized spacial score (nSPS) is 10.3. The number of rotatable bonds is 5. The molecule has 2 nitrogen and oxygen atoms in total. The second-order valence-corrected chi connectivity index (χ2v) is 5.07. The number of halogens is 2. The van der Waals surface area contributed by atoms with Gasteiger partial charge in [-0.3, -0.25) is 0 Å². The summed E-state index contributed by atoms with van der Waals surface area (Å²) in [6, 6.07) is 13.2. The zero-order chi connectivity index (χ0) is 13.7. The summed E-state index contributed by atoms with van der Waals surface area (Å²) in [6.07, 6.45) is 0. The molecule has 2 rings (SSSR count). The molecule has 0 spiro atoms. The fraction of sp³-hybridized carbons (Fsp3) is 0.200. The maximum absolute atomic E-state index is 5.91. The SMILES string of the molecule is Cc1cc(Cl)ccc1OCCNc1cccc(Cl)c1. The molecule has 2 aromatic rings. The molecular weight excluding hydrogens is 281 g/mol. The first kappa shape index (κ1) is 14.0. The molecule has 0 unspecified atom stereocenters. The lowest BCUT2D eigenvalue weighted by Crippen LogP contribution is -2.11. The predicted octanol–water partition coefficient (Wildman–Crippen LogP) is 4.79. The average Bonchev–Trinajstić information content (AvgIpc) is 2.37. The molecule has 0 saturated carbocycles. The molecule has 0 aliphatic heterocycles. The third kappa shape index (κ3) is 4.34. The number of nitrogens with one attached hydrogen (secondary N) is 1. The first-order chi connectivity index (χ1) is 9.15. The van der Waals surface area contributed by atoms with E-state index in [-0.39, 0.29) is 0 Å². The van der Waals surface area contributed by atoms with Crippen molar-refractivity contribution in [1.29, 1.82) is 0 Å². The first-order valence-corrected chi connectivity index (χ1v) is 6.79. The van der Waals surface area contributed by atoms with Crippen molar-refractivity contribution in [2.45, 2.75) is 6.92 Å². The zero-order valence-corrected chi connectivity index (χ0v) is 12.1. The topological polar surface area (TPSA) is 21.3 Å². The highest BCUT2D eigenvalue weighted by Crippen LogP contribution is 2.21. The van der Waals surface area contributed by atoms with Crippen LogP contribution in [0, 0.1) is 6.92 Å². The molecule has 0 fully saturated rings. The van der Waals surface area contributed by atoms with Gasteiger partial charge in [-0.2, -0.15) is 0 Å². The van der Waals surface area contributed by atoms with Crippen LogP contribution in [0.5, 0.6) is 5.75 Å². The zero-order valence-electron chi connectivity index (χ0n) is 10.6. The van der Waals surface area contributed by atoms with Crippen molar-refractivity contribution in [3.8, 4) is 5.75 Å². The molecule has 0 radical (unpaired) electrons. The van der Waals surface area contributed by atoms with Crippen LogP contribution in [0.25, 0.3) is 0 Å². The van der Waals surface area contributed by atoms with Gasteiger partial charge in [-0.05, 0) is 48.9 Å². The predicted molar refractivity (Wildman–Crippen MR) is 81.6 cm³/mol. The number of ether oxygens (including phenoxy) is 1. The van der Waals surface area contributed by atoms with Gasteiger partial charge in [0.05, 0.1) is 0 Å². The van der Waals surface area contributed by atoms with Crippen molar-refractivity contribution in [1.82, 2.24) is 0 Å². The summed E-state index contributed by atoms with van der Waals surface area (Å²) in [4.78, 5) is 0. The summed E-state index contributed by atoms with van der Waals surface area (Å²) in [7, 11) is 0. The maximum atomic E-state index is 5.91. The Morgan fingerprint density at radius 3 is 2.58 bits per heavy atom. The van der Waals surface area contributed by atoms with Crippen LogP contribution < -0.4 is 10.1 Å². The Labute approximate surface area is 123 Å². The molecule has 100 valence electrons. The smallest absolute Gasteiger partial charge is 0.122 e. The van der Waals surface area contributed by atoms with Crippen molar-refractivity contribution in [2.75, 3.05) is 18.5 Å². The molecule has 19 heavy (non-hydrogen) atoms. The largest absolute Gasteiger partial charge is 0.491 e. The van der Waals surface area contributed by atoms with E-state index in [4.69, 9.17) is 27.9 Å². The molecular formula is C15H15Cl2NO. The second-order valence-electron chi connectivity index (χ2n) is 4.20. The number of hydrogen-bond acceptors (Lipinski definition) is 2. The van der Waals surface area contributed by atoms with Crippen molar-refractivity contribution >= 4 is 28.9 Å². The van der Waals surface area contributed by atoms with Crippen LogP contribution in [0.4, 0.5) is 5.69 Å². The summed E-state index contributed by atoms with van der Waals surface area (Å²) < 4.78 is 5.69. The average molecular weight is 296 g/mol. The molecule has 0 aliphatic carbocycles. The Bertz CT molecular complexity index is 558. The fourth-order valence-electron chi connectivity index (χ4n) is 1.73. The Hall–Kier alpha value is -1.38. The van der Waals surface area contributed by atoms with E-state index in [1.807, 2.05) is 49.4 Å². The molecule has 0 aliphatic rings. The highest BCUT2D eigenvalue weighted by Gasteiger charge is 2.00. The molecule has 0 bridgehead atoms. The van der Waals surface area contributed by atoms with Crippen LogP contribution in [0.3, 0.4) is 0 Å². The number of benzene rings is 2. The summed E-state index contributed by atoms with van der Waals surface area (Å²) in [5, 5.41) is 4.70. The third-order valence-electron chi connectivity index (χ3n) is 2.65. The van der Waals surface area contributed by atoms with Gasteiger partial charge in [0.15, 0.2) is 0 Å². The van der Waals surface area contributed by atoms with E-state index >= 15 is 0 Å². The van der Waals surface area contributed by atoms with E-state index in [9.17, 15) is 0 Å². The fourth-order valence-corrected chi connectivity index (χ4v) is 2.15. The van der Waals surface area contributed by atoms with Crippen molar-refractivity contribution < 1.29 is 4.74 Å². The minimum absolute atomic E-state index is 0.578. The monoisotopic (exact) mass is 295 g/mol. The Morgan fingerprint density at radius 1 is 1.05 bits per heavy atom. The van der Waals surface area contributed by atoms with Gasteiger partial charge in [0.25, 0.3) is 0 Å².